The number of ether oxygens (including phenoxy) is 2. The molecule has 0 radical (unpaired) electrons. The minimum absolute atomic E-state index is 0.0752. The third kappa shape index (κ3) is 2.88. The summed E-state index contributed by atoms with van der Waals surface area (Å²) >= 11 is 0. The van der Waals surface area contributed by atoms with Gasteiger partial charge in [-0.3, -0.25) is 5.01 Å². The van der Waals surface area contributed by atoms with Gasteiger partial charge in [0.25, 0.3) is 0 Å². The highest BCUT2D eigenvalue weighted by Crippen LogP contribution is 2.31. The molecule has 100 valence electrons. The molecule has 0 aromatic heterocycles. The fourth-order valence-electron chi connectivity index (χ4n) is 1.90. The lowest BCUT2D eigenvalue weighted by Gasteiger charge is -2.30. The summed E-state index contributed by atoms with van der Waals surface area (Å²) in [5.41, 5.74) is 0.587. The molecule has 6 nitrogen and oxygen atoms in total. The third-order valence-corrected chi connectivity index (χ3v) is 2.61. The molecule has 0 saturated carbocycles. The average Bonchev–Trinajstić information content (AvgIpc) is 2.57. The van der Waals surface area contributed by atoms with Gasteiger partial charge in [-0.15, -0.1) is 0 Å². The summed E-state index contributed by atoms with van der Waals surface area (Å²) in [6, 6.07) is 0. The van der Waals surface area contributed by atoms with E-state index in [2.05, 4.69) is 14.6 Å². The Bertz CT molecular complexity index is 424. The van der Waals surface area contributed by atoms with Crippen molar-refractivity contribution in [1.82, 2.24) is 5.01 Å². The van der Waals surface area contributed by atoms with Crippen molar-refractivity contribution < 1.29 is 19.1 Å². The molecule has 0 amide bonds. The molecule has 1 aliphatic heterocycles. The second-order valence-corrected chi connectivity index (χ2v) is 4.68. The largest absolute Gasteiger partial charge is 0.466 e. The molecule has 0 aromatic rings. The molecule has 0 fully saturated rings. The highest BCUT2D eigenvalue weighted by molar-refractivity contribution is 5.96. The van der Waals surface area contributed by atoms with Crippen LogP contribution in [0.25, 0.3) is 0 Å². The van der Waals surface area contributed by atoms with Crippen molar-refractivity contribution in [2.75, 3.05) is 14.2 Å². The normalized spacial score (nSPS) is 18.4. The van der Waals surface area contributed by atoms with Crippen molar-refractivity contribution in [3.8, 4) is 0 Å². The molecule has 1 heterocycles. The summed E-state index contributed by atoms with van der Waals surface area (Å²) in [7, 11) is 2.50. The number of hydrazone groups is 1. The van der Waals surface area contributed by atoms with E-state index in [1.165, 1.54) is 19.2 Å². The molecule has 0 unspecified atom stereocenters. The zero-order chi connectivity index (χ0) is 13.9. The van der Waals surface area contributed by atoms with Crippen LogP contribution in [-0.2, 0) is 19.1 Å². The van der Waals surface area contributed by atoms with Crippen molar-refractivity contribution in [1.29, 1.82) is 0 Å². The summed E-state index contributed by atoms with van der Waals surface area (Å²) in [5.74, 6) is -1.24. The van der Waals surface area contributed by atoms with Crippen molar-refractivity contribution in [3.05, 3.63) is 11.8 Å². The Morgan fingerprint density at radius 3 is 2.33 bits per heavy atom. The molecule has 0 spiro atoms. The number of rotatable bonds is 3. The first-order chi connectivity index (χ1) is 8.31. The van der Waals surface area contributed by atoms with E-state index in [0.29, 0.717) is 6.42 Å². The fourth-order valence-corrected chi connectivity index (χ4v) is 1.90. The number of carbonyl (C=O) groups is 2. The standard InChI is InChI=1S/C12H18N2O4/c1-8-7-12(2,3)14(13-8)9(11(16)18-5)6-10(15)17-4/h6H,7H2,1-5H3. The highest BCUT2D eigenvalue weighted by atomic mass is 16.5. The van der Waals surface area contributed by atoms with Gasteiger partial charge >= 0.3 is 11.9 Å². The van der Waals surface area contributed by atoms with E-state index < -0.39 is 11.9 Å². The van der Waals surface area contributed by atoms with Gasteiger partial charge in [0.05, 0.1) is 25.8 Å². The molecule has 0 aromatic carbocycles. The van der Waals surface area contributed by atoms with Crippen LogP contribution in [0.5, 0.6) is 0 Å². The highest BCUT2D eigenvalue weighted by Gasteiger charge is 2.37. The Morgan fingerprint density at radius 2 is 1.94 bits per heavy atom. The van der Waals surface area contributed by atoms with Gasteiger partial charge in [-0.2, -0.15) is 5.10 Å². The van der Waals surface area contributed by atoms with Crippen molar-refractivity contribution in [2.45, 2.75) is 32.7 Å². The molecule has 1 aliphatic rings. The van der Waals surface area contributed by atoms with Gasteiger partial charge in [0.1, 0.15) is 0 Å². The zero-order valence-electron chi connectivity index (χ0n) is 11.3. The second-order valence-electron chi connectivity index (χ2n) is 4.68. The Kier molecular flexibility index (Phi) is 4.11. The Labute approximate surface area is 106 Å². The predicted molar refractivity (Wildman–Crippen MR) is 65.8 cm³/mol. The van der Waals surface area contributed by atoms with Gasteiger partial charge in [0.15, 0.2) is 5.70 Å². The van der Waals surface area contributed by atoms with Gasteiger partial charge in [0.2, 0.25) is 0 Å². The van der Waals surface area contributed by atoms with Crippen molar-refractivity contribution in [3.63, 3.8) is 0 Å². The summed E-state index contributed by atoms with van der Waals surface area (Å²) in [6.07, 6.45) is 1.80. The van der Waals surface area contributed by atoms with E-state index in [9.17, 15) is 9.59 Å². The van der Waals surface area contributed by atoms with Crippen LogP contribution >= 0.6 is 0 Å². The van der Waals surface area contributed by atoms with E-state index in [-0.39, 0.29) is 11.2 Å². The SMILES string of the molecule is COC(=O)C=C(C(=O)OC)N1N=C(C)CC1(C)C. The number of methoxy groups -OCH3 is 2. The van der Waals surface area contributed by atoms with Crippen LogP contribution in [0.3, 0.4) is 0 Å². The molecular formula is C12H18N2O4. The molecule has 6 heteroatoms. The minimum atomic E-state index is -0.619. The molecule has 1 rings (SSSR count). The zero-order valence-corrected chi connectivity index (χ0v) is 11.3. The van der Waals surface area contributed by atoms with Gasteiger partial charge < -0.3 is 9.47 Å². The van der Waals surface area contributed by atoms with Gasteiger partial charge in [0, 0.05) is 12.1 Å². The Morgan fingerprint density at radius 1 is 1.33 bits per heavy atom. The number of hydrogen-bond acceptors (Lipinski definition) is 6. The van der Waals surface area contributed by atoms with Crippen LogP contribution in [0.15, 0.2) is 16.9 Å². The molecule has 0 bridgehead atoms. The Hall–Kier alpha value is -1.85. The lowest BCUT2D eigenvalue weighted by Crippen LogP contribution is -2.38. The molecule has 0 saturated heterocycles. The van der Waals surface area contributed by atoms with Crippen molar-refractivity contribution >= 4 is 17.7 Å². The molecular weight excluding hydrogens is 236 g/mol. The molecule has 0 atom stereocenters. The number of hydrogen-bond donors (Lipinski definition) is 0. The quantitative estimate of drug-likeness (QED) is 0.557. The number of esters is 2. The van der Waals surface area contributed by atoms with Crippen LogP contribution in [0.1, 0.15) is 27.2 Å². The first kappa shape index (κ1) is 14.2. The maximum Gasteiger partial charge on any atom is 0.356 e. The first-order valence-corrected chi connectivity index (χ1v) is 5.54. The Balaban J connectivity index is 3.16. The number of nitrogens with zero attached hydrogens (tertiary/aromatic N) is 2. The molecule has 0 aliphatic carbocycles. The van der Waals surface area contributed by atoms with Crippen LogP contribution < -0.4 is 0 Å². The fraction of sp³-hybridized carbons (Fsp3) is 0.583. The van der Waals surface area contributed by atoms with Crippen LogP contribution in [0.4, 0.5) is 0 Å². The monoisotopic (exact) mass is 254 g/mol. The molecule has 0 N–H and O–H groups in total. The van der Waals surface area contributed by atoms with E-state index >= 15 is 0 Å². The average molecular weight is 254 g/mol. The van der Waals surface area contributed by atoms with E-state index in [4.69, 9.17) is 0 Å². The van der Waals surface area contributed by atoms with Gasteiger partial charge in [-0.25, -0.2) is 9.59 Å². The predicted octanol–water partition coefficient (Wildman–Crippen LogP) is 1.08. The summed E-state index contributed by atoms with van der Waals surface area (Å²) in [4.78, 5) is 23.0. The van der Waals surface area contributed by atoms with Gasteiger partial charge in [-0.05, 0) is 20.8 Å². The van der Waals surface area contributed by atoms with E-state index in [1.807, 2.05) is 20.8 Å². The van der Waals surface area contributed by atoms with Crippen LogP contribution in [0.2, 0.25) is 0 Å². The topological polar surface area (TPSA) is 68.2 Å². The summed E-state index contributed by atoms with van der Waals surface area (Å²) in [6.45, 7) is 5.73. The lowest BCUT2D eigenvalue weighted by molar-refractivity contribution is -0.140. The van der Waals surface area contributed by atoms with Gasteiger partial charge in [-0.1, -0.05) is 0 Å². The summed E-state index contributed by atoms with van der Waals surface area (Å²) in [5, 5.41) is 5.78. The molecule has 18 heavy (non-hydrogen) atoms. The lowest BCUT2D eigenvalue weighted by atomic mass is 9.98. The van der Waals surface area contributed by atoms with E-state index in [0.717, 1.165) is 11.8 Å². The number of carbonyl (C=O) groups excluding carboxylic acids is 2. The van der Waals surface area contributed by atoms with Crippen LogP contribution in [0, 0.1) is 0 Å². The maximum atomic E-state index is 11.7. The maximum absolute atomic E-state index is 11.7. The first-order valence-electron chi connectivity index (χ1n) is 5.54. The summed E-state index contributed by atoms with van der Waals surface area (Å²) < 4.78 is 9.20. The smallest absolute Gasteiger partial charge is 0.356 e. The second kappa shape index (κ2) is 5.20. The minimum Gasteiger partial charge on any atom is -0.466 e. The van der Waals surface area contributed by atoms with Crippen molar-refractivity contribution in [2.24, 2.45) is 5.10 Å². The van der Waals surface area contributed by atoms with E-state index in [1.54, 1.807) is 0 Å². The van der Waals surface area contributed by atoms with Crippen LogP contribution in [-0.4, -0.2) is 42.4 Å². The third-order valence-electron chi connectivity index (χ3n) is 2.61.